The van der Waals surface area contributed by atoms with Crippen molar-refractivity contribution in [2.45, 2.75) is 181 Å². The maximum atomic E-state index is 10.1. The van der Waals surface area contributed by atoms with Gasteiger partial charge in [-0.25, -0.2) is 0 Å². The molecule has 0 amide bonds. The van der Waals surface area contributed by atoms with Crippen molar-refractivity contribution in [1.82, 2.24) is 0 Å². The minimum atomic E-state index is -0.909. The van der Waals surface area contributed by atoms with Crippen molar-refractivity contribution in [3.8, 4) is 0 Å². The molecule has 0 spiro atoms. The Labute approximate surface area is 245 Å². The van der Waals surface area contributed by atoms with E-state index in [0.717, 1.165) is 25.9 Å². The lowest BCUT2D eigenvalue weighted by Gasteiger charge is -2.06. The summed E-state index contributed by atoms with van der Waals surface area (Å²) >= 11 is 0. The second-order valence-electron chi connectivity index (χ2n) is 11.9. The van der Waals surface area contributed by atoms with Crippen LogP contribution in [0.15, 0.2) is 12.3 Å². The Kier molecular flexibility index (Phi) is 38.0. The van der Waals surface area contributed by atoms with Gasteiger partial charge in [0.1, 0.15) is 0 Å². The van der Waals surface area contributed by atoms with Gasteiger partial charge in [-0.1, -0.05) is 149 Å². The van der Waals surface area contributed by atoms with Crippen LogP contribution in [-0.4, -0.2) is 33.2 Å². The number of hydrogen-bond donors (Lipinski definition) is 1. The molecule has 1 N–H and O–H groups in total. The first kappa shape index (κ1) is 40.1. The molecule has 0 aromatic rings. The SMILES string of the molecule is CCCCCCCCCCCC(=O)[O-].CCCCCCCCCCCCCCCCC=COCCC[NH+](C)C. The molecule has 234 valence electrons. The number of ether oxygens (including phenoxy) is 1. The van der Waals surface area contributed by atoms with Crippen LogP contribution in [0.25, 0.3) is 0 Å². The van der Waals surface area contributed by atoms with E-state index in [1.54, 1.807) is 0 Å². The number of carboxylic acid groups (broad SMARTS) is 1. The van der Waals surface area contributed by atoms with Crippen LogP contribution < -0.4 is 10.0 Å². The van der Waals surface area contributed by atoms with Gasteiger partial charge in [-0.05, 0) is 31.8 Å². The summed E-state index contributed by atoms with van der Waals surface area (Å²) in [5.41, 5.74) is 0. The molecule has 0 unspecified atom stereocenters. The van der Waals surface area contributed by atoms with Crippen LogP contribution in [-0.2, 0) is 9.53 Å². The van der Waals surface area contributed by atoms with Crippen molar-refractivity contribution in [3.05, 3.63) is 12.3 Å². The number of quaternary nitrogens is 1. The standard InChI is InChI=1S/C23H47NO.C12H24O2/c1-4-5-6-7-8-9-10-11-12-13-14-15-16-17-18-19-22-25-23-20-21-24(2)3;1-2-3-4-5-6-7-8-9-10-11-12(13)14/h19,22H,4-18,20-21,23H2,1-3H3;2-11H2,1H3,(H,13,14). The van der Waals surface area contributed by atoms with Gasteiger partial charge in [0, 0.05) is 12.4 Å². The van der Waals surface area contributed by atoms with E-state index in [0.29, 0.717) is 0 Å². The Morgan fingerprint density at radius 1 is 0.590 bits per heavy atom. The predicted molar refractivity (Wildman–Crippen MR) is 169 cm³/mol. The van der Waals surface area contributed by atoms with E-state index >= 15 is 0 Å². The van der Waals surface area contributed by atoms with Crippen LogP contribution in [0.2, 0.25) is 0 Å². The van der Waals surface area contributed by atoms with Crippen LogP contribution >= 0.6 is 0 Å². The zero-order chi connectivity index (χ0) is 29.1. The lowest BCUT2D eigenvalue weighted by atomic mass is 10.0. The first-order valence-corrected chi connectivity index (χ1v) is 17.3. The van der Waals surface area contributed by atoms with Gasteiger partial charge in [0.2, 0.25) is 0 Å². The number of rotatable bonds is 30. The molecule has 0 atom stereocenters. The molecular weight excluding hydrogens is 482 g/mol. The number of carbonyl (C=O) groups is 1. The topological polar surface area (TPSA) is 53.8 Å². The molecular formula is C35H71NO3. The number of carboxylic acids is 1. The van der Waals surface area contributed by atoms with Gasteiger partial charge in [-0.2, -0.15) is 0 Å². The summed E-state index contributed by atoms with van der Waals surface area (Å²) < 4.78 is 5.51. The third-order valence-electron chi connectivity index (χ3n) is 7.34. The van der Waals surface area contributed by atoms with Gasteiger partial charge in [-0.3, -0.25) is 0 Å². The van der Waals surface area contributed by atoms with Gasteiger partial charge in [0.15, 0.2) is 0 Å². The van der Waals surface area contributed by atoms with Gasteiger partial charge >= 0.3 is 0 Å². The normalized spacial score (nSPS) is 11.2. The van der Waals surface area contributed by atoms with Crippen molar-refractivity contribution >= 4 is 5.97 Å². The van der Waals surface area contributed by atoms with E-state index in [-0.39, 0.29) is 6.42 Å². The van der Waals surface area contributed by atoms with E-state index in [9.17, 15) is 9.90 Å². The highest BCUT2D eigenvalue weighted by molar-refractivity contribution is 5.64. The molecule has 0 aromatic carbocycles. The summed E-state index contributed by atoms with van der Waals surface area (Å²) in [5, 5.41) is 10.1. The first-order valence-electron chi connectivity index (χ1n) is 17.3. The Bertz CT molecular complexity index is 479. The fraction of sp³-hybridized carbons (Fsp3) is 0.914. The largest absolute Gasteiger partial charge is 0.550 e. The van der Waals surface area contributed by atoms with Crippen LogP contribution in [0.3, 0.4) is 0 Å². The third kappa shape index (κ3) is 44.2. The van der Waals surface area contributed by atoms with Crippen molar-refractivity contribution in [2.75, 3.05) is 27.2 Å². The molecule has 0 saturated carbocycles. The molecule has 4 heteroatoms. The maximum Gasteiger partial charge on any atom is 0.0926 e. The highest BCUT2D eigenvalue weighted by atomic mass is 16.5. The highest BCUT2D eigenvalue weighted by Crippen LogP contribution is 2.13. The minimum absolute atomic E-state index is 0.232. The molecule has 4 nitrogen and oxygen atoms in total. The zero-order valence-electron chi connectivity index (χ0n) is 27.2. The summed E-state index contributed by atoms with van der Waals surface area (Å²) in [7, 11) is 4.37. The number of nitrogens with one attached hydrogen (secondary N) is 1. The maximum absolute atomic E-state index is 10.1. The second-order valence-corrected chi connectivity index (χ2v) is 11.9. The molecule has 0 fully saturated rings. The quantitative estimate of drug-likeness (QED) is 0.0716. The average Bonchev–Trinajstić information content (AvgIpc) is 2.91. The lowest BCUT2D eigenvalue weighted by Crippen LogP contribution is -3.05. The zero-order valence-corrected chi connectivity index (χ0v) is 27.2. The number of allylic oxidation sites excluding steroid dienone is 1. The Balaban J connectivity index is 0. The molecule has 0 rings (SSSR count). The Morgan fingerprint density at radius 2 is 0.974 bits per heavy atom. The lowest BCUT2D eigenvalue weighted by molar-refractivity contribution is -0.858. The van der Waals surface area contributed by atoms with Crippen LogP contribution in [0.5, 0.6) is 0 Å². The molecule has 0 aliphatic carbocycles. The van der Waals surface area contributed by atoms with E-state index < -0.39 is 5.97 Å². The molecule has 0 saturated heterocycles. The number of hydrogen-bond acceptors (Lipinski definition) is 3. The molecule has 39 heavy (non-hydrogen) atoms. The van der Waals surface area contributed by atoms with Crippen LogP contribution in [0, 0.1) is 0 Å². The fourth-order valence-electron chi connectivity index (χ4n) is 4.75. The smallest absolute Gasteiger partial charge is 0.0926 e. The monoisotopic (exact) mass is 554 g/mol. The predicted octanol–water partition coefficient (Wildman–Crippen LogP) is 8.58. The van der Waals surface area contributed by atoms with Crippen molar-refractivity contribution < 1.29 is 19.5 Å². The molecule has 0 radical (unpaired) electrons. The van der Waals surface area contributed by atoms with Gasteiger partial charge < -0.3 is 19.5 Å². The van der Waals surface area contributed by atoms with E-state index in [4.69, 9.17) is 4.74 Å². The van der Waals surface area contributed by atoms with Crippen molar-refractivity contribution in [1.29, 1.82) is 0 Å². The molecule has 0 aliphatic heterocycles. The van der Waals surface area contributed by atoms with E-state index in [1.165, 1.54) is 153 Å². The highest BCUT2D eigenvalue weighted by Gasteiger charge is 1.95. The summed E-state index contributed by atoms with van der Waals surface area (Å²) in [6.07, 6.45) is 37.6. The van der Waals surface area contributed by atoms with Crippen molar-refractivity contribution in [3.63, 3.8) is 0 Å². The second kappa shape index (κ2) is 37.0. The van der Waals surface area contributed by atoms with E-state index in [2.05, 4.69) is 34.0 Å². The minimum Gasteiger partial charge on any atom is -0.550 e. The summed E-state index contributed by atoms with van der Waals surface area (Å²) in [6.45, 7) is 6.56. The van der Waals surface area contributed by atoms with Crippen LogP contribution in [0.4, 0.5) is 0 Å². The fourth-order valence-corrected chi connectivity index (χ4v) is 4.75. The summed E-state index contributed by atoms with van der Waals surface area (Å²) in [5.74, 6) is -0.909. The summed E-state index contributed by atoms with van der Waals surface area (Å²) in [4.78, 5) is 11.6. The van der Waals surface area contributed by atoms with Gasteiger partial charge in [-0.15, -0.1) is 0 Å². The summed E-state index contributed by atoms with van der Waals surface area (Å²) in [6, 6.07) is 0. The van der Waals surface area contributed by atoms with Gasteiger partial charge in [0.25, 0.3) is 0 Å². The molecule has 0 aromatic heterocycles. The number of carbonyl (C=O) groups excluding carboxylic acids is 1. The average molecular weight is 554 g/mol. The van der Waals surface area contributed by atoms with E-state index in [1.807, 2.05) is 6.26 Å². The van der Waals surface area contributed by atoms with Crippen LogP contribution in [0.1, 0.15) is 181 Å². The number of aliphatic carboxylic acids is 1. The first-order chi connectivity index (χ1) is 19.0. The number of unbranched alkanes of at least 4 members (excludes halogenated alkanes) is 22. The van der Waals surface area contributed by atoms with Crippen molar-refractivity contribution in [2.24, 2.45) is 0 Å². The molecule has 0 aliphatic rings. The Hall–Kier alpha value is -1.03. The Morgan fingerprint density at radius 3 is 1.36 bits per heavy atom. The van der Waals surface area contributed by atoms with Gasteiger partial charge in [0.05, 0.1) is 33.5 Å². The third-order valence-corrected chi connectivity index (χ3v) is 7.34. The molecule has 0 heterocycles. The molecule has 0 bridgehead atoms.